The van der Waals surface area contributed by atoms with E-state index in [2.05, 4.69) is 0 Å². The predicted molar refractivity (Wildman–Crippen MR) is 69.2 cm³/mol. The van der Waals surface area contributed by atoms with Crippen LogP contribution in [0.3, 0.4) is 0 Å². The van der Waals surface area contributed by atoms with E-state index in [1.807, 2.05) is 13.8 Å². The summed E-state index contributed by atoms with van der Waals surface area (Å²) in [6, 6.07) is 6.25. The smallest absolute Gasteiger partial charge is 0.178 e. The van der Waals surface area contributed by atoms with Crippen LogP contribution in [-0.4, -0.2) is 26.6 Å². The fourth-order valence-electron chi connectivity index (χ4n) is 1.51. The SMILES string of the molecule is CCS(=O)(=O)c1ccc(C(C=O)OC(C)C)cc1. The first-order chi connectivity index (χ1) is 8.40. The number of hydrogen-bond acceptors (Lipinski definition) is 4. The highest BCUT2D eigenvalue weighted by molar-refractivity contribution is 7.91. The van der Waals surface area contributed by atoms with Crippen molar-refractivity contribution in [3.8, 4) is 0 Å². The topological polar surface area (TPSA) is 60.4 Å². The maximum Gasteiger partial charge on any atom is 0.178 e. The Labute approximate surface area is 108 Å². The summed E-state index contributed by atoms with van der Waals surface area (Å²) in [7, 11) is -3.20. The van der Waals surface area contributed by atoms with Crippen LogP contribution in [0.2, 0.25) is 0 Å². The number of carbonyl (C=O) groups is 1. The van der Waals surface area contributed by atoms with Crippen molar-refractivity contribution in [1.82, 2.24) is 0 Å². The summed E-state index contributed by atoms with van der Waals surface area (Å²) in [6.07, 6.45) is -0.00815. The molecule has 0 saturated carbocycles. The molecule has 0 saturated heterocycles. The molecule has 0 spiro atoms. The molecule has 5 heteroatoms. The molecule has 0 aromatic heterocycles. The Hall–Kier alpha value is -1.20. The summed E-state index contributed by atoms with van der Waals surface area (Å²) in [6.45, 7) is 5.28. The molecule has 1 aromatic rings. The van der Waals surface area contributed by atoms with Crippen molar-refractivity contribution in [2.24, 2.45) is 0 Å². The molecule has 1 rings (SSSR count). The van der Waals surface area contributed by atoms with E-state index >= 15 is 0 Å². The summed E-state index contributed by atoms with van der Waals surface area (Å²) in [5.41, 5.74) is 0.661. The first-order valence-corrected chi connectivity index (χ1v) is 7.49. The number of carbonyl (C=O) groups excluding carboxylic acids is 1. The fraction of sp³-hybridized carbons (Fsp3) is 0.462. The number of benzene rings is 1. The zero-order chi connectivity index (χ0) is 13.8. The third-order valence-electron chi connectivity index (χ3n) is 2.49. The molecule has 1 aromatic carbocycles. The van der Waals surface area contributed by atoms with Crippen LogP contribution < -0.4 is 0 Å². The van der Waals surface area contributed by atoms with E-state index in [4.69, 9.17) is 4.74 Å². The number of aldehydes is 1. The summed E-state index contributed by atoms with van der Waals surface area (Å²) >= 11 is 0. The lowest BCUT2D eigenvalue weighted by Gasteiger charge is -2.15. The second-order valence-electron chi connectivity index (χ2n) is 4.21. The molecule has 0 N–H and O–H groups in total. The highest BCUT2D eigenvalue weighted by Gasteiger charge is 2.15. The summed E-state index contributed by atoms with van der Waals surface area (Å²) in [5, 5.41) is 0. The molecular weight excluding hydrogens is 252 g/mol. The Bertz CT molecular complexity index is 488. The van der Waals surface area contributed by atoms with E-state index < -0.39 is 15.9 Å². The monoisotopic (exact) mass is 270 g/mol. The van der Waals surface area contributed by atoms with Crippen LogP contribution in [0.5, 0.6) is 0 Å². The van der Waals surface area contributed by atoms with E-state index in [0.29, 0.717) is 11.8 Å². The Morgan fingerprint density at radius 3 is 2.17 bits per heavy atom. The van der Waals surface area contributed by atoms with E-state index in [0.717, 1.165) is 0 Å². The molecule has 0 heterocycles. The minimum absolute atomic E-state index is 0.0615. The second-order valence-corrected chi connectivity index (χ2v) is 6.49. The van der Waals surface area contributed by atoms with Crippen LogP contribution in [-0.2, 0) is 19.4 Å². The van der Waals surface area contributed by atoms with Crippen molar-refractivity contribution in [3.05, 3.63) is 29.8 Å². The predicted octanol–water partition coefficient (Wildman–Crippen LogP) is 2.15. The van der Waals surface area contributed by atoms with Gasteiger partial charge < -0.3 is 9.53 Å². The van der Waals surface area contributed by atoms with Gasteiger partial charge in [0, 0.05) is 0 Å². The zero-order valence-corrected chi connectivity index (χ0v) is 11.6. The second kappa shape index (κ2) is 6.11. The Morgan fingerprint density at radius 2 is 1.78 bits per heavy atom. The van der Waals surface area contributed by atoms with Crippen LogP contribution in [0.15, 0.2) is 29.2 Å². The van der Waals surface area contributed by atoms with Gasteiger partial charge in [0.1, 0.15) is 6.10 Å². The minimum atomic E-state index is -3.20. The van der Waals surface area contributed by atoms with Gasteiger partial charge in [-0.05, 0) is 31.5 Å². The molecule has 0 aliphatic rings. The molecule has 0 radical (unpaired) electrons. The molecule has 0 fully saturated rings. The molecule has 0 aliphatic carbocycles. The van der Waals surface area contributed by atoms with Gasteiger partial charge in [-0.25, -0.2) is 8.42 Å². The average molecular weight is 270 g/mol. The maximum absolute atomic E-state index is 11.6. The fourth-order valence-corrected chi connectivity index (χ4v) is 2.40. The normalized spacial score (nSPS) is 13.6. The summed E-state index contributed by atoms with van der Waals surface area (Å²) in [5.74, 6) is 0.0615. The maximum atomic E-state index is 11.6. The standard InChI is InChI=1S/C13H18O4S/c1-4-18(15,16)12-7-5-11(6-8-12)13(9-14)17-10(2)3/h5-10,13H,4H2,1-3H3. The zero-order valence-electron chi connectivity index (χ0n) is 10.8. The van der Waals surface area contributed by atoms with Crippen molar-refractivity contribution in [1.29, 1.82) is 0 Å². The number of sulfone groups is 1. The van der Waals surface area contributed by atoms with Crippen molar-refractivity contribution >= 4 is 16.1 Å². The molecule has 0 aliphatic heterocycles. The molecule has 1 unspecified atom stereocenters. The van der Waals surface area contributed by atoms with Gasteiger partial charge in [0.15, 0.2) is 16.1 Å². The van der Waals surface area contributed by atoms with Gasteiger partial charge in [0.05, 0.1) is 16.8 Å². The van der Waals surface area contributed by atoms with Crippen LogP contribution in [0, 0.1) is 0 Å². The Balaban J connectivity index is 2.98. The number of ether oxygens (including phenoxy) is 1. The molecule has 0 amide bonds. The molecule has 1 atom stereocenters. The third kappa shape index (κ3) is 3.65. The van der Waals surface area contributed by atoms with Crippen molar-refractivity contribution in [3.63, 3.8) is 0 Å². The Kier molecular flexibility index (Phi) is 5.04. The van der Waals surface area contributed by atoms with E-state index in [9.17, 15) is 13.2 Å². The van der Waals surface area contributed by atoms with Gasteiger partial charge in [0.2, 0.25) is 0 Å². The molecule has 4 nitrogen and oxygen atoms in total. The van der Waals surface area contributed by atoms with Gasteiger partial charge in [0.25, 0.3) is 0 Å². The lowest BCUT2D eigenvalue weighted by atomic mass is 10.1. The van der Waals surface area contributed by atoms with Gasteiger partial charge in [-0.15, -0.1) is 0 Å². The lowest BCUT2D eigenvalue weighted by molar-refractivity contribution is -0.121. The number of hydrogen-bond donors (Lipinski definition) is 0. The first kappa shape index (κ1) is 14.9. The third-order valence-corrected chi connectivity index (χ3v) is 4.24. The van der Waals surface area contributed by atoms with Crippen molar-refractivity contribution in [2.75, 3.05) is 5.75 Å². The molecule has 0 bridgehead atoms. The van der Waals surface area contributed by atoms with Gasteiger partial charge in [-0.2, -0.15) is 0 Å². The first-order valence-electron chi connectivity index (χ1n) is 5.84. The van der Waals surface area contributed by atoms with Crippen LogP contribution >= 0.6 is 0 Å². The van der Waals surface area contributed by atoms with Crippen LogP contribution in [0.1, 0.15) is 32.4 Å². The molecular formula is C13H18O4S. The number of rotatable bonds is 6. The quantitative estimate of drug-likeness (QED) is 0.743. The van der Waals surface area contributed by atoms with E-state index in [1.165, 1.54) is 12.1 Å². The minimum Gasteiger partial charge on any atom is -0.363 e. The van der Waals surface area contributed by atoms with Crippen LogP contribution in [0.25, 0.3) is 0 Å². The van der Waals surface area contributed by atoms with E-state index in [-0.39, 0.29) is 16.8 Å². The highest BCUT2D eigenvalue weighted by Crippen LogP contribution is 2.20. The van der Waals surface area contributed by atoms with Gasteiger partial charge in [-0.1, -0.05) is 19.1 Å². The van der Waals surface area contributed by atoms with Crippen molar-refractivity contribution < 1.29 is 17.9 Å². The van der Waals surface area contributed by atoms with Gasteiger partial charge in [-0.3, -0.25) is 0 Å². The van der Waals surface area contributed by atoms with Crippen LogP contribution in [0.4, 0.5) is 0 Å². The summed E-state index contributed by atoms with van der Waals surface area (Å²) < 4.78 is 28.7. The van der Waals surface area contributed by atoms with E-state index in [1.54, 1.807) is 19.1 Å². The molecule has 100 valence electrons. The largest absolute Gasteiger partial charge is 0.363 e. The van der Waals surface area contributed by atoms with Gasteiger partial charge >= 0.3 is 0 Å². The average Bonchev–Trinajstić information content (AvgIpc) is 2.36. The molecule has 18 heavy (non-hydrogen) atoms. The Morgan fingerprint density at radius 1 is 1.22 bits per heavy atom. The van der Waals surface area contributed by atoms with Crippen molar-refractivity contribution in [2.45, 2.75) is 37.9 Å². The summed E-state index contributed by atoms with van der Waals surface area (Å²) in [4.78, 5) is 11.2. The highest BCUT2D eigenvalue weighted by atomic mass is 32.2. The lowest BCUT2D eigenvalue weighted by Crippen LogP contribution is -2.12.